The van der Waals surface area contributed by atoms with Gasteiger partial charge in [0.15, 0.2) is 0 Å². The molecule has 0 aromatic heterocycles. The van der Waals surface area contributed by atoms with Crippen LogP contribution in [0.3, 0.4) is 0 Å². The molecule has 0 fully saturated rings. The lowest BCUT2D eigenvalue weighted by atomic mass is 10.2. The minimum atomic E-state index is -0.551. The van der Waals surface area contributed by atoms with E-state index in [1.54, 1.807) is 0 Å². The highest BCUT2D eigenvalue weighted by Crippen LogP contribution is 2.20. The zero-order chi connectivity index (χ0) is 9.84. The zero-order valence-corrected chi connectivity index (χ0v) is 7.10. The number of rotatable bonds is 2. The molecule has 0 aliphatic rings. The lowest BCUT2D eigenvalue weighted by molar-refractivity contribution is -0.384. The quantitative estimate of drug-likeness (QED) is 0.344. The van der Waals surface area contributed by atoms with Gasteiger partial charge in [0.05, 0.1) is 11.1 Å². The van der Waals surface area contributed by atoms with Crippen LogP contribution in [0.5, 0.6) is 0 Å². The maximum atomic E-state index is 10.3. The highest BCUT2D eigenvalue weighted by atomic mass is 35.5. The second kappa shape index (κ2) is 3.86. The minimum absolute atomic E-state index is 0.0979. The van der Waals surface area contributed by atoms with E-state index in [2.05, 4.69) is 5.16 Å². The van der Waals surface area contributed by atoms with Crippen molar-refractivity contribution in [2.45, 2.75) is 0 Å². The lowest BCUT2D eigenvalue weighted by Crippen LogP contribution is -1.90. The molecule has 0 radical (unpaired) electrons. The van der Waals surface area contributed by atoms with Gasteiger partial charge >= 0.3 is 0 Å². The maximum absolute atomic E-state index is 10.3. The Hall–Kier alpha value is -1.62. The molecular weight excluding hydrogens is 196 g/mol. The average molecular weight is 201 g/mol. The van der Waals surface area contributed by atoms with Gasteiger partial charge in [0.1, 0.15) is 0 Å². The first-order valence-electron chi connectivity index (χ1n) is 3.26. The summed E-state index contributed by atoms with van der Waals surface area (Å²) in [5, 5.41) is 21.6. The van der Waals surface area contributed by atoms with E-state index in [0.29, 0.717) is 10.6 Å². The fourth-order valence-electron chi connectivity index (χ4n) is 0.806. The summed E-state index contributed by atoms with van der Waals surface area (Å²) in [7, 11) is 0. The number of hydrogen-bond donors (Lipinski definition) is 1. The highest BCUT2D eigenvalue weighted by Gasteiger charge is 2.07. The number of hydrogen-bond acceptors (Lipinski definition) is 4. The third-order valence-electron chi connectivity index (χ3n) is 1.39. The zero-order valence-electron chi connectivity index (χ0n) is 6.35. The van der Waals surface area contributed by atoms with Gasteiger partial charge in [-0.05, 0) is 6.07 Å². The molecule has 0 bridgehead atoms. The molecule has 1 N–H and O–H groups in total. The van der Waals surface area contributed by atoms with Crippen molar-refractivity contribution in [1.82, 2.24) is 0 Å². The van der Waals surface area contributed by atoms with Crippen molar-refractivity contribution in [2.75, 3.05) is 0 Å². The van der Waals surface area contributed by atoms with Crippen molar-refractivity contribution in [2.24, 2.45) is 5.16 Å². The molecule has 1 aromatic carbocycles. The number of halogens is 1. The van der Waals surface area contributed by atoms with Crippen LogP contribution in [0.2, 0.25) is 5.02 Å². The van der Waals surface area contributed by atoms with Crippen LogP contribution in [0.1, 0.15) is 5.56 Å². The molecule has 0 saturated carbocycles. The van der Waals surface area contributed by atoms with Crippen molar-refractivity contribution in [3.63, 3.8) is 0 Å². The summed E-state index contributed by atoms with van der Waals surface area (Å²) in [6.07, 6.45) is 1.04. The van der Waals surface area contributed by atoms with Crippen LogP contribution in [0.4, 0.5) is 5.69 Å². The number of non-ortho nitro benzene ring substituents is 1. The van der Waals surface area contributed by atoms with Gasteiger partial charge in [-0.1, -0.05) is 16.8 Å². The number of benzene rings is 1. The largest absolute Gasteiger partial charge is 0.411 e. The molecule has 1 aromatic rings. The normalized spacial score (nSPS) is 10.5. The third-order valence-corrected chi connectivity index (χ3v) is 1.73. The molecule has 0 aliphatic heterocycles. The molecule has 5 nitrogen and oxygen atoms in total. The van der Waals surface area contributed by atoms with E-state index in [0.717, 1.165) is 6.21 Å². The molecular formula is C7H5ClN2O3. The first-order chi connectivity index (χ1) is 6.15. The summed E-state index contributed by atoms with van der Waals surface area (Å²) in [4.78, 5) is 9.77. The monoisotopic (exact) mass is 200 g/mol. The molecule has 0 spiro atoms. The predicted molar refractivity (Wildman–Crippen MR) is 47.5 cm³/mol. The summed E-state index contributed by atoms with van der Waals surface area (Å²) >= 11 is 5.65. The van der Waals surface area contributed by atoms with Crippen LogP contribution in [-0.4, -0.2) is 16.3 Å². The fourth-order valence-corrected chi connectivity index (χ4v) is 0.972. The Labute approximate surface area is 78.4 Å². The van der Waals surface area contributed by atoms with E-state index in [1.807, 2.05) is 0 Å². The smallest absolute Gasteiger partial charge is 0.270 e. The highest BCUT2D eigenvalue weighted by molar-refractivity contribution is 6.33. The van der Waals surface area contributed by atoms with Gasteiger partial charge in [-0.2, -0.15) is 0 Å². The van der Waals surface area contributed by atoms with Gasteiger partial charge in [0, 0.05) is 22.7 Å². The van der Waals surface area contributed by atoms with Gasteiger partial charge in [-0.3, -0.25) is 10.1 Å². The Morgan fingerprint density at radius 1 is 1.62 bits per heavy atom. The lowest BCUT2D eigenvalue weighted by Gasteiger charge is -1.96. The van der Waals surface area contributed by atoms with Crippen LogP contribution in [0.15, 0.2) is 23.4 Å². The third kappa shape index (κ3) is 2.16. The van der Waals surface area contributed by atoms with Gasteiger partial charge in [0.25, 0.3) is 5.69 Å². The summed E-state index contributed by atoms with van der Waals surface area (Å²) in [6, 6.07) is 3.87. The Morgan fingerprint density at radius 3 is 2.85 bits per heavy atom. The van der Waals surface area contributed by atoms with E-state index < -0.39 is 4.92 Å². The topological polar surface area (TPSA) is 75.7 Å². The SMILES string of the molecule is O=[N+]([O-])c1ccc(Cl)c(/C=N\O)c1. The van der Waals surface area contributed by atoms with Crippen LogP contribution in [-0.2, 0) is 0 Å². The van der Waals surface area contributed by atoms with Crippen LogP contribution < -0.4 is 0 Å². The molecule has 0 aliphatic carbocycles. The summed E-state index contributed by atoms with van der Waals surface area (Å²) in [5.74, 6) is 0. The van der Waals surface area contributed by atoms with E-state index in [9.17, 15) is 10.1 Å². The van der Waals surface area contributed by atoms with Gasteiger partial charge in [-0.25, -0.2) is 0 Å². The number of nitro groups is 1. The Morgan fingerprint density at radius 2 is 2.31 bits per heavy atom. The van der Waals surface area contributed by atoms with Crippen molar-refractivity contribution in [1.29, 1.82) is 0 Å². The predicted octanol–water partition coefficient (Wildman–Crippen LogP) is 2.06. The molecule has 0 heterocycles. The Bertz CT molecular complexity index is 365. The average Bonchev–Trinajstić information content (AvgIpc) is 2.08. The molecule has 0 amide bonds. The fraction of sp³-hybridized carbons (Fsp3) is 0. The van der Waals surface area contributed by atoms with Gasteiger partial charge < -0.3 is 5.21 Å². The van der Waals surface area contributed by atoms with E-state index in [-0.39, 0.29) is 5.69 Å². The van der Waals surface area contributed by atoms with Gasteiger partial charge in [-0.15, -0.1) is 0 Å². The first-order valence-corrected chi connectivity index (χ1v) is 3.64. The summed E-state index contributed by atoms with van der Waals surface area (Å²) in [6.45, 7) is 0. The Balaban J connectivity index is 3.18. The van der Waals surface area contributed by atoms with Gasteiger partial charge in [0.2, 0.25) is 0 Å². The molecule has 0 atom stereocenters. The molecule has 0 unspecified atom stereocenters. The summed E-state index contributed by atoms with van der Waals surface area (Å²) < 4.78 is 0. The van der Waals surface area contributed by atoms with Crippen molar-refractivity contribution >= 4 is 23.5 Å². The van der Waals surface area contributed by atoms with Crippen LogP contribution in [0, 0.1) is 10.1 Å². The first kappa shape index (κ1) is 9.47. The second-order valence-corrected chi connectivity index (χ2v) is 2.61. The Kier molecular flexibility index (Phi) is 2.81. The van der Waals surface area contributed by atoms with E-state index in [4.69, 9.17) is 16.8 Å². The summed E-state index contributed by atoms with van der Waals surface area (Å²) in [5.41, 5.74) is 0.206. The van der Waals surface area contributed by atoms with Crippen molar-refractivity contribution < 1.29 is 10.1 Å². The van der Waals surface area contributed by atoms with Crippen LogP contribution >= 0.6 is 11.6 Å². The van der Waals surface area contributed by atoms with Crippen LogP contribution in [0.25, 0.3) is 0 Å². The number of nitro benzene ring substituents is 1. The standard InChI is InChI=1S/C7H5ClN2O3/c8-7-2-1-6(10(12)13)3-5(7)4-9-11/h1-4,11H/b9-4-. The van der Waals surface area contributed by atoms with E-state index in [1.165, 1.54) is 18.2 Å². The number of oxime groups is 1. The minimum Gasteiger partial charge on any atom is -0.411 e. The molecule has 13 heavy (non-hydrogen) atoms. The van der Waals surface area contributed by atoms with E-state index >= 15 is 0 Å². The molecule has 1 rings (SSSR count). The van der Waals surface area contributed by atoms with Crippen molar-refractivity contribution in [3.05, 3.63) is 38.9 Å². The number of nitrogens with zero attached hydrogens (tertiary/aromatic N) is 2. The second-order valence-electron chi connectivity index (χ2n) is 2.21. The molecule has 0 saturated heterocycles. The maximum Gasteiger partial charge on any atom is 0.270 e. The van der Waals surface area contributed by atoms with Crippen molar-refractivity contribution in [3.8, 4) is 0 Å². The molecule has 6 heteroatoms. The molecule has 68 valence electrons.